The lowest BCUT2D eigenvalue weighted by atomic mass is 9.88. The second-order valence-electron chi connectivity index (χ2n) is 9.48. The highest BCUT2D eigenvalue weighted by atomic mass is 19.1. The second-order valence-corrected chi connectivity index (χ2v) is 9.48. The smallest absolute Gasteiger partial charge is 0.206 e. The summed E-state index contributed by atoms with van der Waals surface area (Å²) in [5.41, 5.74) is 3.18. The molecule has 0 N–H and O–H groups in total. The van der Waals surface area contributed by atoms with Crippen LogP contribution < -0.4 is 10.7 Å². The van der Waals surface area contributed by atoms with E-state index in [1.165, 1.54) is 24.3 Å². The molecule has 0 radical (unpaired) electrons. The molecule has 0 atom stereocenters. The van der Waals surface area contributed by atoms with Crippen molar-refractivity contribution in [2.24, 2.45) is 9.98 Å². The van der Waals surface area contributed by atoms with Crippen LogP contribution in [0, 0.1) is 34.5 Å². The van der Waals surface area contributed by atoms with Gasteiger partial charge in [0.2, 0.25) is 12.4 Å². The van der Waals surface area contributed by atoms with Crippen molar-refractivity contribution >= 4 is 43.1 Å². The summed E-state index contributed by atoms with van der Waals surface area (Å²) in [5, 5.41) is 25.6. The topological polar surface area (TPSA) is 72.3 Å². The molecule has 0 aliphatic carbocycles. The summed E-state index contributed by atoms with van der Waals surface area (Å²) < 4.78 is 29.3. The maximum atomic E-state index is 14.7. The number of hydrogen-bond donors (Lipinski definition) is 0. The SMILES string of the molecule is N#C/N=c1\c2cc(F)ccc2c2c(-c3ccccc3)c3/c(=N/C#N)c4cc(F)ccc4c3c(-c3ccccc3)c12. The van der Waals surface area contributed by atoms with Gasteiger partial charge in [-0.1, -0.05) is 72.8 Å². The van der Waals surface area contributed by atoms with Crippen molar-refractivity contribution < 1.29 is 8.78 Å². The third kappa shape index (κ3) is 3.27. The van der Waals surface area contributed by atoms with Gasteiger partial charge in [0, 0.05) is 43.4 Å². The van der Waals surface area contributed by atoms with Crippen molar-refractivity contribution in [2.45, 2.75) is 0 Å². The van der Waals surface area contributed by atoms with Crippen LogP contribution in [-0.2, 0) is 0 Å². The van der Waals surface area contributed by atoms with E-state index in [1.54, 1.807) is 12.1 Å². The van der Waals surface area contributed by atoms with E-state index in [9.17, 15) is 19.3 Å². The van der Waals surface area contributed by atoms with E-state index >= 15 is 0 Å². The Labute approximate surface area is 226 Å². The highest BCUT2D eigenvalue weighted by Crippen LogP contribution is 2.47. The summed E-state index contributed by atoms with van der Waals surface area (Å²) in [5.74, 6) is -0.889. The van der Waals surface area contributed by atoms with Crippen LogP contribution in [0.3, 0.4) is 0 Å². The number of nitriles is 2. The molecule has 0 aromatic heterocycles. The van der Waals surface area contributed by atoms with Gasteiger partial charge >= 0.3 is 0 Å². The normalized spacial score (nSPS) is 12.5. The highest BCUT2D eigenvalue weighted by molar-refractivity contribution is 6.34. The van der Waals surface area contributed by atoms with Crippen LogP contribution in [0.25, 0.3) is 65.3 Å². The van der Waals surface area contributed by atoms with Crippen molar-refractivity contribution in [3.8, 4) is 34.6 Å². The lowest BCUT2D eigenvalue weighted by Crippen LogP contribution is -2.03. The molecule has 7 aromatic carbocycles. The molecule has 0 fully saturated rings. The van der Waals surface area contributed by atoms with E-state index in [4.69, 9.17) is 0 Å². The zero-order valence-corrected chi connectivity index (χ0v) is 20.8. The lowest BCUT2D eigenvalue weighted by molar-refractivity contribution is 0.629. The first-order valence-corrected chi connectivity index (χ1v) is 12.5. The van der Waals surface area contributed by atoms with Gasteiger partial charge in [-0.2, -0.15) is 20.5 Å². The minimum absolute atomic E-state index is 0.361. The first kappa shape index (κ1) is 23.4. The molecule has 0 spiro atoms. The van der Waals surface area contributed by atoms with Crippen molar-refractivity contribution in [3.05, 3.63) is 119 Å². The first-order valence-electron chi connectivity index (χ1n) is 12.5. The Bertz CT molecular complexity index is 2180. The molecular weight excluding hydrogens is 502 g/mol. The minimum atomic E-state index is -0.445. The summed E-state index contributed by atoms with van der Waals surface area (Å²) in [6, 6.07) is 28.2. The van der Waals surface area contributed by atoms with Crippen LogP contribution in [0.15, 0.2) is 107 Å². The number of rotatable bonds is 2. The van der Waals surface area contributed by atoms with Crippen LogP contribution in [-0.4, -0.2) is 0 Å². The fraction of sp³-hybridized carbons (Fsp3) is 0. The van der Waals surface area contributed by atoms with Crippen LogP contribution in [0.4, 0.5) is 8.78 Å². The summed E-state index contributed by atoms with van der Waals surface area (Å²) >= 11 is 0. The minimum Gasteiger partial charge on any atom is -0.207 e. The second kappa shape index (κ2) is 8.94. The van der Waals surface area contributed by atoms with Gasteiger partial charge in [0.1, 0.15) is 11.6 Å². The van der Waals surface area contributed by atoms with Crippen LogP contribution in [0.2, 0.25) is 0 Å². The molecule has 7 aromatic rings. The first-order chi connectivity index (χ1) is 19.6. The Morgan fingerprint density at radius 3 is 1.25 bits per heavy atom. The quantitative estimate of drug-likeness (QED) is 0.222. The van der Waals surface area contributed by atoms with Gasteiger partial charge < -0.3 is 0 Å². The molecule has 0 bridgehead atoms. The Hall–Kier alpha value is -5.72. The number of fused-ring (bicyclic) bond motifs is 6. The lowest BCUT2D eigenvalue weighted by Gasteiger charge is -2.14. The Kier molecular flexibility index (Phi) is 5.23. The van der Waals surface area contributed by atoms with Crippen molar-refractivity contribution in [1.82, 2.24) is 0 Å². The van der Waals surface area contributed by atoms with E-state index in [0.29, 0.717) is 43.0 Å². The van der Waals surface area contributed by atoms with Crippen LogP contribution in [0.1, 0.15) is 0 Å². The zero-order chi connectivity index (χ0) is 27.4. The van der Waals surface area contributed by atoms with Crippen molar-refractivity contribution in [1.29, 1.82) is 10.5 Å². The molecule has 6 heteroatoms. The predicted molar refractivity (Wildman–Crippen MR) is 152 cm³/mol. The summed E-state index contributed by atoms with van der Waals surface area (Å²) in [4.78, 5) is 8.46. The van der Waals surface area contributed by atoms with Gasteiger partial charge in [-0.25, -0.2) is 8.78 Å². The van der Waals surface area contributed by atoms with E-state index < -0.39 is 11.6 Å². The fourth-order valence-electron chi connectivity index (χ4n) is 6.01. The third-order valence-corrected chi connectivity index (χ3v) is 7.43. The maximum Gasteiger partial charge on any atom is 0.206 e. The fourth-order valence-corrected chi connectivity index (χ4v) is 6.01. The van der Waals surface area contributed by atoms with Gasteiger partial charge in [-0.05, 0) is 46.2 Å². The van der Waals surface area contributed by atoms with Gasteiger partial charge in [0.15, 0.2) is 0 Å². The summed E-state index contributed by atoms with van der Waals surface area (Å²) in [7, 11) is 0. The monoisotopic (exact) mass is 518 g/mol. The van der Waals surface area contributed by atoms with E-state index in [-0.39, 0.29) is 0 Å². The molecule has 0 saturated heterocycles. The molecule has 0 saturated carbocycles. The van der Waals surface area contributed by atoms with Crippen molar-refractivity contribution in [3.63, 3.8) is 0 Å². The van der Waals surface area contributed by atoms with E-state index in [2.05, 4.69) is 9.98 Å². The van der Waals surface area contributed by atoms with E-state index in [1.807, 2.05) is 73.0 Å². The molecule has 7 rings (SSSR count). The molecular formula is C34H16F2N4. The molecule has 0 heterocycles. The number of nitrogens with zero attached hydrogens (tertiary/aromatic N) is 4. The summed E-state index contributed by atoms with van der Waals surface area (Å²) in [6.45, 7) is 0. The van der Waals surface area contributed by atoms with Gasteiger partial charge in [-0.15, -0.1) is 0 Å². The predicted octanol–water partition coefficient (Wildman–Crippen LogP) is 7.55. The third-order valence-electron chi connectivity index (χ3n) is 7.43. The molecule has 0 amide bonds. The number of halogens is 2. The molecule has 0 aliphatic heterocycles. The van der Waals surface area contributed by atoms with Crippen LogP contribution >= 0.6 is 0 Å². The highest BCUT2D eigenvalue weighted by Gasteiger charge is 2.26. The average molecular weight is 519 g/mol. The molecule has 0 aliphatic rings. The number of hydrogen-bond acceptors (Lipinski definition) is 4. The molecule has 0 unspecified atom stereocenters. The van der Waals surface area contributed by atoms with Gasteiger partial charge in [0.05, 0.1) is 10.7 Å². The largest absolute Gasteiger partial charge is 0.207 e. The Morgan fingerprint density at radius 2 is 0.875 bits per heavy atom. The van der Waals surface area contributed by atoms with Crippen molar-refractivity contribution in [2.75, 3.05) is 0 Å². The maximum absolute atomic E-state index is 14.7. The van der Waals surface area contributed by atoms with Gasteiger partial charge in [0.25, 0.3) is 0 Å². The molecule has 40 heavy (non-hydrogen) atoms. The zero-order valence-electron chi connectivity index (χ0n) is 20.8. The Balaban J connectivity index is 1.97. The molecule has 4 nitrogen and oxygen atoms in total. The van der Waals surface area contributed by atoms with Gasteiger partial charge in [-0.3, -0.25) is 0 Å². The molecule has 186 valence electrons. The Morgan fingerprint density at radius 1 is 0.475 bits per heavy atom. The van der Waals surface area contributed by atoms with Crippen LogP contribution in [0.5, 0.6) is 0 Å². The van der Waals surface area contributed by atoms with E-state index in [0.717, 1.165) is 33.0 Å². The average Bonchev–Trinajstić information content (AvgIpc) is 3.45. The summed E-state index contributed by atoms with van der Waals surface area (Å²) in [6.07, 6.45) is 3.84. The number of benzene rings is 5. The standard InChI is InChI=1S/C34H16F2N4/c35-21-11-13-23-25(15-21)34(40-18-38)32-28(20-9-5-2-6-10-20)30-24-14-12-22(36)16-26(24)33(39-17-37)31(30)27(29(23)32)19-7-3-1-4-8-19/h1-16H/b39-33+,40-34+.